The summed E-state index contributed by atoms with van der Waals surface area (Å²) < 4.78 is 61.5. The third kappa shape index (κ3) is 7.25. The van der Waals surface area contributed by atoms with Gasteiger partial charge in [-0.1, -0.05) is 6.07 Å². The second-order valence-corrected chi connectivity index (χ2v) is 6.30. The van der Waals surface area contributed by atoms with Gasteiger partial charge in [-0.05, 0) is 6.07 Å². The minimum atomic E-state index is -4.56. The van der Waals surface area contributed by atoms with Crippen molar-refractivity contribution in [1.82, 2.24) is 9.29 Å². The first-order valence-electron chi connectivity index (χ1n) is 5.97. The van der Waals surface area contributed by atoms with Crippen molar-refractivity contribution in [2.45, 2.75) is 25.2 Å². The van der Waals surface area contributed by atoms with Gasteiger partial charge in [-0.2, -0.15) is 13.2 Å². The molecule has 2 N–H and O–H groups in total. The zero-order valence-electron chi connectivity index (χ0n) is 10.9. The molecule has 10 heteroatoms. The van der Waals surface area contributed by atoms with Crippen LogP contribution < -0.4 is 10.3 Å². The average molecular weight is 328 g/mol. The standard InChI is InChI=1S/C11H15F3N2O4S/c12-11(13,14)4-6-21(19,20)15-7-9(17)8-16-5-2-1-3-10(16)18/h1-3,5,9,15,17H,4,6-8H2. The highest BCUT2D eigenvalue weighted by atomic mass is 32.2. The molecule has 120 valence electrons. The van der Waals surface area contributed by atoms with Crippen LogP contribution >= 0.6 is 0 Å². The highest BCUT2D eigenvalue weighted by Crippen LogP contribution is 2.19. The second kappa shape index (κ2) is 7.05. The van der Waals surface area contributed by atoms with E-state index in [9.17, 15) is 31.5 Å². The van der Waals surface area contributed by atoms with Gasteiger partial charge in [0, 0.05) is 18.8 Å². The van der Waals surface area contributed by atoms with Gasteiger partial charge < -0.3 is 9.67 Å². The van der Waals surface area contributed by atoms with Crippen molar-refractivity contribution in [1.29, 1.82) is 0 Å². The van der Waals surface area contributed by atoms with E-state index in [4.69, 9.17) is 0 Å². The normalized spacial score (nSPS) is 14.1. The number of aromatic nitrogens is 1. The molecule has 1 rings (SSSR count). The van der Waals surface area contributed by atoms with Crippen LogP contribution in [0.15, 0.2) is 29.2 Å². The van der Waals surface area contributed by atoms with Crippen LogP contribution in [-0.4, -0.2) is 42.7 Å². The van der Waals surface area contributed by atoms with Gasteiger partial charge in [0.1, 0.15) is 0 Å². The molecule has 0 fully saturated rings. The Bertz CT molecular complexity index is 612. The lowest BCUT2D eigenvalue weighted by Gasteiger charge is -2.14. The number of hydrogen-bond acceptors (Lipinski definition) is 4. The maximum Gasteiger partial charge on any atom is 0.390 e. The van der Waals surface area contributed by atoms with E-state index in [1.807, 2.05) is 4.72 Å². The summed E-state index contributed by atoms with van der Waals surface area (Å²) in [5.41, 5.74) is -0.378. The molecule has 21 heavy (non-hydrogen) atoms. The van der Waals surface area contributed by atoms with Gasteiger partial charge in [0.15, 0.2) is 0 Å². The molecule has 6 nitrogen and oxygen atoms in total. The number of halogens is 3. The van der Waals surface area contributed by atoms with Gasteiger partial charge in [0.05, 0.1) is 24.8 Å². The number of pyridine rings is 1. The highest BCUT2D eigenvalue weighted by Gasteiger charge is 2.29. The van der Waals surface area contributed by atoms with Gasteiger partial charge in [-0.3, -0.25) is 4.79 Å². The number of nitrogens with one attached hydrogen (secondary N) is 1. The monoisotopic (exact) mass is 328 g/mol. The fraction of sp³-hybridized carbons (Fsp3) is 0.545. The van der Waals surface area contributed by atoms with Gasteiger partial charge in [-0.25, -0.2) is 13.1 Å². The van der Waals surface area contributed by atoms with Crippen LogP contribution in [0.3, 0.4) is 0 Å². The number of aliphatic hydroxyl groups is 1. The lowest BCUT2D eigenvalue weighted by Crippen LogP contribution is -2.38. The first-order chi connectivity index (χ1) is 9.59. The van der Waals surface area contributed by atoms with Crippen LogP contribution in [0.25, 0.3) is 0 Å². The molecule has 0 saturated carbocycles. The van der Waals surface area contributed by atoms with E-state index in [0.29, 0.717) is 0 Å². The maximum atomic E-state index is 11.9. The Balaban J connectivity index is 2.47. The van der Waals surface area contributed by atoms with Crippen molar-refractivity contribution in [2.24, 2.45) is 0 Å². The number of nitrogens with zero attached hydrogens (tertiary/aromatic N) is 1. The lowest BCUT2D eigenvalue weighted by atomic mass is 10.3. The molecule has 0 saturated heterocycles. The van der Waals surface area contributed by atoms with E-state index in [1.54, 1.807) is 6.07 Å². The molecular weight excluding hydrogens is 313 g/mol. The number of sulfonamides is 1. The Morgan fingerprint density at radius 2 is 2.00 bits per heavy atom. The third-order valence-electron chi connectivity index (χ3n) is 2.50. The van der Waals surface area contributed by atoms with Crippen LogP contribution in [-0.2, 0) is 16.6 Å². The molecule has 0 aromatic carbocycles. The number of alkyl halides is 3. The Hall–Kier alpha value is -1.39. The molecule has 1 unspecified atom stereocenters. The molecule has 0 bridgehead atoms. The van der Waals surface area contributed by atoms with E-state index in [-0.39, 0.29) is 12.1 Å². The van der Waals surface area contributed by atoms with E-state index in [0.717, 1.165) is 4.57 Å². The van der Waals surface area contributed by atoms with Crippen molar-refractivity contribution >= 4 is 10.0 Å². The van der Waals surface area contributed by atoms with Gasteiger partial charge in [0.2, 0.25) is 10.0 Å². The Morgan fingerprint density at radius 3 is 2.57 bits per heavy atom. The van der Waals surface area contributed by atoms with E-state index in [1.165, 1.54) is 18.3 Å². The highest BCUT2D eigenvalue weighted by molar-refractivity contribution is 7.89. The van der Waals surface area contributed by atoms with E-state index in [2.05, 4.69) is 0 Å². The Labute approximate surface area is 119 Å². The predicted molar refractivity (Wildman–Crippen MR) is 69.2 cm³/mol. The first-order valence-corrected chi connectivity index (χ1v) is 7.62. The van der Waals surface area contributed by atoms with Crippen molar-refractivity contribution in [2.75, 3.05) is 12.3 Å². The molecule has 1 aromatic heterocycles. The summed E-state index contributed by atoms with van der Waals surface area (Å²) in [6.07, 6.45) is -5.85. The summed E-state index contributed by atoms with van der Waals surface area (Å²) in [5.74, 6) is -1.10. The Kier molecular flexibility index (Phi) is 5.93. The Morgan fingerprint density at radius 1 is 1.33 bits per heavy atom. The summed E-state index contributed by atoms with van der Waals surface area (Å²) in [5, 5.41) is 9.61. The molecule has 0 radical (unpaired) electrons. The van der Waals surface area contributed by atoms with Crippen molar-refractivity contribution in [3.05, 3.63) is 34.7 Å². The summed E-state index contributed by atoms with van der Waals surface area (Å²) in [7, 11) is -4.13. The SMILES string of the molecule is O=c1ccccn1CC(O)CNS(=O)(=O)CCC(F)(F)F. The van der Waals surface area contributed by atoms with Crippen LogP contribution in [0, 0.1) is 0 Å². The van der Waals surface area contributed by atoms with Crippen molar-refractivity contribution < 1.29 is 26.7 Å². The molecule has 1 atom stereocenters. The quantitative estimate of drug-likeness (QED) is 0.742. The van der Waals surface area contributed by atoms with E-state index < -0.39 is 41.0 Å². The van der Waals surface area contributed by atoms with Crippen molar-refractivity contribution in [3.63, 3.8) is 0 Å². The molecule has 0 aliphatic carbocycles. The molecule has 0 aliphatic rings. The maximum absolute atomic E-state index is 11.9. The molecular formula is C11H15F3N2O4S. The second-order valence-electron chi connectivity index (χ2n) is 4.38. The third-order valence-corrected chi connectivity index (χ3v) is 3.85. The summed E-state index contributed by atoms with van der Waals surface area (Å²) in [6, 6.07) is 4.33. The summed E-state index contributed by atoms with van der Waals surface area (Å²) in [6.45, 7) is -0.636. The minimum absolute atomic E-state index is 0.165. The first kappa shape index (κ1) is 17.7. The lowest BCUT2D eigenvalue weighted by molar-refractivity contribution is -0.129. The number of rotatable bonds is 7. The topological polar surface area (TPSA) is 88.4 Å². The largest absolute Gasteiger partial charge is 0.390 e. The molecule has 0 spiro atoms. The predicted octanol–water partition coefficient (Wildman–Crippen LogP) is 0.0810. The summed E-state index contributed by atoms with van der Waals surface area (Å²) >= 11 is 0. The van der Waals surface area contributed by atoms with Crippen LogP contribution in [0.1, 0.15) is 6.42 Å². The van der Waals surface area contributed by atoms with Crippen molar-refractivity contribution in [3.8, 4) is 0 Å². The average Bonchev–Trinajstić information content (AvgIpc) is 2.37. The van der Waals surface area contributed by atoms with Crippen LogP contribution in [0.4, 0.5) is 13.2 Å². The van der Waals surface area contributed by atoms with Gasteiger partial charge >= 0.3 is 6.18 Å². The van der Waals surface area contributed by atoms with Gasteiger partial charge in [-0.15, -0.1) is 0 Å². The fourth-order valence-corrected chi connectivity index (χ4v) is 2.54. The van der Waals surface area contributed by atoms with E-state index >= 15 is 0 Å². The summed E-state index contributed by atoms with van der Waals surface area (Å²) in [4.78, 5) is 11.4. The molecule has 1 aromatic rings. The minimum Gasteiger partial charge on any atom is -0.390 e. The van der Waals surface area contributed by atoms with Crippen LogP contribution in [0.2, 0.25) is 0 Å². The smallest absolute Gasteiger partial charge is 0.390 e. The zero-order valence-corrected chi connectivity index (χ0v) is 11.7. The molecule has 0 aliphatic heterocycles. The molecule has 1 heterocycles. The number of hydrogen-bond donors (Lipinski definition) is 2. The molecule has 0 amide bonds. The van der Waals surface area contributed by atoms with Crippen LogP contribution in [0.5, 0.6) is 0 Å². The van der Waals surface area contributed by atoms with Gasteiger partial charge in [0.25, 0.3) is 5.56 Å². The fourth-order valence-electron chi connectivity index (χ4n) is 1.45. The zero-order chi connectivity index (χ0) is 16.1. The number of aliphatic hydroxyl groups excluding tert-OH is 1.